The highest BCUT2D eigenvalue weighted by Crippen LogP contribution is 2.47. The van der Waals surface area contributed by atoms with Gasteiger partial charge in [0.2, 0.25) is 6.29 Å². The number of carbonyl (C=O) groups is 2. The van der Waals surface area contributed by atoms with Crippen molar-refractivity contribution in [3.63, 3.8) is 0 Å². The summed E-state index contributed by atoms with van der Waals surface area (Å²) >= 11 is 0. The predicted molar refractivity (Wildman–Crippen MR) is 248 cm³/mol. The smallest absolute Gasteiger partial charge is 0.202 e. The molecular weight excluding hydrogens is 969 g/mol. The SMILES string of the molecule is CO[C@@H]([C@@H]1Cc2cc3cc(O[C@H]4CC(O[C@H]5CC(O)[C@H](O)C(C)O5)[C@H](O)C(C)O4)c(C)c(O)c3c(O)c2C(=O)[C@H]1O[C@H]1C[C@@H](O[C@H]2C[C@@H](O[C@H]3CC(O)[C@H](O)C(C)O3)[C@@H](O)C(C)O2)[C@H](O)C(C)O1)[C@@H](O)C(C)=O. The summed E-state index contributed by atoms with van der Waals surface area (Å²) in [6.45, 7) is 10.7. The van der Waals surface area contributed by atoms with Crippen molar-refractivity contribution in [1.82, 2.24) is 0 Å². The minimum atomic E-state index is -1.72. The van der Waals surface area contributed by atoms with E-state index in [9.17, 15) is 60.7 Å². The molecule has 23 heteroatoms. The van der Waals surface area contributed by atoms with Crippen LogP contribution in [0.4, 0.5) is 0 Å². The molecular formula is C50H72O23. The van der Waals surface area contributed by atoms with Crippen LogP contribution in [0.2, 0.25) is 0 Å². The highest BCUT2D eigenvalue weighted by molar-refractivity contribution is 6.11. The van der Waals surface area contributed by atoms with E-state index >= 15 is 0 Å². The van der Waals surface area contributed by atoms with Crippen LogP contribution in [0.1, 0.15) is 95.1 Å². The normalized spacial score (nSPS) is 42.3. The van der Waals surface area contributed by atoms with Gasteiger partial charge in [-0.15, -0.1) is 0 Å². The Kier molecular flexibility index (Phi) is 17.4. The molecule has 5 saturated heterocycles. The highest BCUT2D eigenvalue weighted by Gasteiger charge is 2.50. The molecule has 1 aliphatic carbocycles. The molecule has 8 rings (SSSR count). The average molecular weight is 1040 g/mol. The van der Waals surface area contributed by atoms with Crippen molar-refractivity contribution in [3.8, 4) is 17.2 Å². The zero-order valence-corrected chi connectivity index (χ0v) is 42.0. The summed E-state index contributed by atoms with van der Waals surface area (Å²) in [7, 11) is 1.26. The third-order valence-corrected chi connectivity index (χ3v) is 15.3. The highest BCUT2D eigenvalue weighted by atomic mass is 16.7. The minimum Gasteiger partial charge on any atom is -0.507 e. The van der Waals surface area contributed by atoms with Gasteiger partial charge in [-0.25, -0.2) is 0 Å². The average Bonchev–Trinajstić information content (AvgIpc) is 3.32. The lowest BCUT2D eigenvalue weighted by atomic mass is 9.75. The Morgan fingerprint density at radius 2 is 1.04 bits per heavy atom. The van der Waals surface area contributed by atoms with Crippen LogP contribution in [0.3, 0.4) is 0 Å². The van der Waals surface area contributed by atoms with Crippen molar-refractivity contribution in [2.75, 3.05) is 7.11 Å². The lowest BCUT2D eigenvalue weighted by Crippen LogP contribution is -2.56. The molecule has 73 heavy (non-hydrogen) atoms. The van der Waals surface area contributed by atoms with Crippen LogP contribution in [0.25, 0.3) is 10.8 Å². The summed E-state index contributed by atoms with van der Waals surface area (Å²) in [6, 6.07) is 3.11. The van der Waals surface area contributed by atoms with Crippen LogP contribution < -0.4 is 4.74 Å². The number of benzene rings is 2. The molecule has 0 saturated carbocycles. The monoisotopic (exact) mass is 1040 g/mol. The summed E-state index contributed by atoms with van der Waals surface area (Å²) in [6.07, 6.45) is -25.1. The Morgan fingerprint density at radius 1 is 0.616 bits per heavy atom. The van der Waals surface area contributed by atoms with E-state index in [1.165, 1.54) is 20.1 Å². The summed E-state index contributed by atoms with van der Waals surface area (Å²) in [5.41, 5.74) is 0.218. The third kappa shape index (κ3) is 11.6. The first kappa shape index (κ1) is 55.9. The van der Waals surface area contributed by atoms with Gasteiger partial charge >= 0.3 is 0 Å². The molecule has 5 heterocycles. The molecule has 5 fully saturated rings. The summed E-state index contributed by atoms with van der Waals surface area (Å²) in [5.74, 6) is -3.41. The lowest BCUT2D eigenvalue weighted by molar-refractivity contribution is -0.329. The van der Waals surface area contributed by atoms with Gasteiger partial charge in [0.05, 0.1) is 78.1 Å². The van der Waals surface area contributed by atoms with Crippen molar-refractivity contribution in [1.29, 1.82) is 0 Å². The molecule has 410 valence electrons. The number of fused-ring (bicyclic) bond motifs is 2. The molecule has 0 spiro atoms. The zero-order chi connectivity index (χ0) is 53.1. The Labute approximate surface area is 421 Å². The number of hydrogen-bond acceptors (Lipinski definition) is 23. The number of carbonyl (C=O) groups excluding carboxylic acids is 2. The quantitative estimate of drug-likeness (QED) is 0.119. The topological polar surface area (TPSA) is 338 Å². The third-order valence-electron chi connectivity index (χ3n) is 15.3. The molecule has 8 unspecified atom stereocenters. The number of ether oxygens (including phenoxy) is 11. The van der Waals surface area contributed by atoms with E-state index in [0.29, 0.717) is 0 Å². The van der Waals surface area contributed by atoms with Gasteiger partial charge in [-0.3, -0.25) is 9.59 Å². The first-order chi connectivity index (χ1) is 34.4. The number of aliphatic hydroxyl groups is 8. The number of hydrogen-bond donors (Lipinski definition) is 10. The molecule has 24 atom stereocenters. The second kappa shape index (κ2) is 22.7. The van der Waals surface area contributed by atoms with Gasteiger partial charge in [0.1, 0.15) is 60.0 Å². The van der Waals surface area contributed by atoms with Crippen LogP contribution in [0.15, 0.2) is 12.1 Å². The van der Waals surface area contributed by atoms with Gasteiger partial charge in [-0.2, -0.15) is 0 Å². The van der Waals surface area contributed by atoms with Crippen molar-refractivity contribution in [2.45, 2.75) is 228 Å². The van der Waals surface area contributed by atoms with E-state index in [1.54, 1.807) is 40.7 Å². The fraction of sp³-hybridized carbons (Fsp3) is 0.760. The van der Waals surface area contributed by atoms with Crippen LogP contribution >= 0.6 is 0 Å². The molecule has 2 aromatic carbocycles. The number of methoxy groups -OCH3 is 1. The molecule has 5 aliphatic heterocycles. The van der Waals surface area contributed by atoms with Crippen LogP contribution in [0, 0.1) is 12.8 Å². The van der Waals surface area contributed by atoms with E-state index in [4.69, 9.17) is 52.1 Å². The maximum atomic E-state index is 14.9. The Bertz CT molecular complexity index is 2240. The molecule has 2 aromatic rings. The summed E-state index contributed by atoms with van der Waals surface area (Å²) in [4.78, 5) is 27.6. The number of rotatable bonds is 14. The van der Waals surface area contributed by atoms with Crippen molar-refractivity contribution >= 4 is 22.3 Å². The van der Waals surface area contributed by atoms with Crippen LogP contribution in [-0.4, -0.2) is 211 Å². The molecule has 6 aliphatic rings. The standard InChI is InChI=1S/C50H72O23/c1-17-29(69-35-14-30(44(58)21(5)66-35)70-33-12-27(52)42(56)19(3)64-33)11-25-9-24-10-26(49(63-8)41(55)18(2)51)50(48(62)39(24)47(61)38(25)40(17)54)73-37-16-32(46(60)23(7)68-37)72-36-15-31(45(59)22(6)67-36)71-34-13-28(53)43(57)20(4)65-34/h9,11,19-23,26-28,30-37,41-46,49-50,52-61H,10,12-16H2,1-8H3/t19?,20?,21?,22?,23?,26-,27?,28?,30?,31+,32+,33-,34-,35-,36-,37-,41-,42+,43+,44+,45-,46+,49-,50-/m0/s1. The Hall–Kier alpha value is -3.28. The minimum absolute atomic E-state index is 0.0158. The number of ketones is 2. The van der Waals surface area contributed by atoms with Crippen LogP contribution in [0.5, 0.6) is 17.2 Å². The number of Topliss-reactive ketones (excluding diaryl/α,β-unsaturated/α-hetero) is 2. The van der Waals surface area contributed by atoms with E-state index in [0.717, 1.165) is 6.92 Å². The van der Waals surface area contributed by atoms with Gasteiger partial charge < -0.3 is 103 Å². The van der Waals surface area contributed by atoms with Crippen LogP contribution in [-0.2, 0) is 58.6 Å². The molecule has 0 radical (unpaired) electrons. The van der Waals surface area contributed by atoms with Gasteiger partial charge in [0, 0.05) is 50.7 Å². The molecule has 0 bridgehead atoms. The predicted octanol–water partition coefficient (Wildman–Crippen LogP) is -0.000280. The molecule has 10 N–H and O–H groups in total. The van der Waals surface area contributed by atoms with Gasteiger partial charge in [-0.1, -0.05) is 0 Å². The van der Waals surface area contributed by atoms with Crippen molar-refractivity contribution in [2.24, 2.45) is 5.92 Å². The molecule has 23 nitrogen and oxygen atoms in total. The van der Waals surface area contributed by atoms with Crippen molar-refractivity contribution in [3.05, 3.63) is 28.8 Å². The maximum Gasteiger partial charge on any atom is 0.202 e. The van der Waals surface area contributed by atoms with E-state index < -0.39 is 170 Å². The Morgan fingerprint density at radius 3 is 1.49 bits per heavy atom. The second-order valence-electron chi connectivity index (χ2n) is 20.5. The van der Waals surface area contributed by atoms with E-state index in [1.807, 2.05) is 0 Å². The van der Waals surface area contributed by atoms with Gasteiger partial charge in [0.15, 0.2) is 36.7 Å². The fourth-order valence-electron chi connectivity index (χ4n) is 10.9. The van der Waals surface area contributed by atoms with E-state index in [-0.39, 0.29) is 71.7 Å². The van der Waals surface area contributed by atoms with E-state index in [2.05, 4.69) is 0 Å². The fourth-order valence-corrected chi connectivity index (χ4v) is 10.9. The largest absolute Gasteiger partial charge is 0.507 e. The second-order valence-corrected chi connectivity index (χ2v) is 20.5. The summed E-state index contributed by atoms with van der Waals surface area (Å²) in [5, 5.41) is 109. The molecule has 0 aromatic heterocycles. The molecule has 0 amide bonds. The number of phenolic OH excluding ortho intramolecular Hbond substituents is 2. The van der Waals surface area contributed by atoms with Gasteiger partial charge in [0.25, 0.3) is 0 Å². The maximum absolute atomic E-state index is 14.9. The number of aromatic hydroxyl groups is 2. The van der Waals surface area contributed by atoms with Crippen molar-refractivity contribution < 1.29 is 113 Å². The Balaban J connectivity index is 1.03. The number of phenols is 2. The first-order valence-corrected chi connectivity index (χ1v) is 25.0. The lowest BCUT2D eigenvalue weighted by Gasteiger charge is -2.45. The number of aliphatic hydroxyl groups excluding tert-OH is 8. The zero-order valence-electron chi connectivity index (χ0n) is 42.0. The first-order valence-electron chi connectivity index (χ1n) is 25.0. The van der Waals surface area contributed by atoms with Gasteiger partial charge in [-0.05, 0) is 78.0 Å². The summed E-state index contributed by atoms with van der Waals surface area (Å²) < 4.78 is 66.4.